The molecule has 0 N–H and O–H groups in total. The van der Waals surface area contributed by atoms with Gasteiger partial charge in [0.05, 0.1) is 22.0 Å². The molecule has 0 atom stereocenters. The van der Waals surface area contributed by atoms with Crippen LogP contribution in [0.4, 0.5) is 4.79 Å². The van der Waals surface area contributed by atoms with Crippen LogP contribution >= 0.6 is 46.0 Å². The van der Waals surface area contributed by atoms with Crippen molar-refractivity contribution < 1.29 is 23.9 Å². The zero-order valence-corrected chi connectivity index (χ0v) is 21.3. The molecule has 172 valence electrons. The number of hydrogen-bond acceptors (Lipinski definition) is 6. The minimum absolute atomic E-state index is 0.112. The molecule has 0 radical (unpaired) electrons. The lowest BCUT2D eigenvalue weighted by Crippen LogP contribution is -2.32. The van der Waals surface area contributed by atoms with Crippen LogP contribution in [0.5, 0.6) is 11.5 Å². The van der Waals surface area contributed by atoms with Gasteiger partial charge < -0.3 is 9.47 Å². The largest absolute Gasteiger partial charge is 0.490 e. The van der Waals surface area contributed by atoms with Gasteiger partial charge in [-0.1, -0.05) is 48.0 Å². The number of para-hydroxylation sites is 1. The van der Waals surface area contributed by atoms with Crippen molar-refractivity contribution in [3.63, 3.8) is 0 Å². The topological polar surface area (TPSA) is 72.9 Å². The van der Waals surface area contributed by atoms with E-state index in [-0.39, 0.29) is 24.3 Å². The standard InChI is InChI=1S/C25H17ClINO5S/c26-19-6-2-4-8-21(19)32-14-13-28-23(29)22(34-25(28)31)15-16-9-11-17(12-10-16)33-24(30)18-5-1-3-7-20(18)27/h1-12,15H,13-14H2/b22-15-. The summed E-state index contributed by atoms with van der Waals surface area (Å²) in [5.74, 6) is 0.0471. The number of esters is 1. The van der Waals surface area contributed by atoms with Gasteiger partial charge in [0.1, 0.15) is 18.1 Å². The number of nitrogens with zero attached hydrogens (tertiary/aromatic N) is 1. The fourth-order valence-corrected chi connectivity index (χ4v) is 4.74. The van der Waals surface area contributed by atoms with Crippen molar-refractivity contribution in [3.05, 3.63) is 97.4 Å². The summed E-state index contributed by atoms with van der Waals surface area (Å²) in [7, 11) is 0. The molecule has 3 aromatic rings. The first kappa shape index (κ1) is 24.3. The van der Waals surface area contributed by atoms with Gasteiger partial charge in [-0.3, -0.25) is 14.5 Å². The van der Waals surface area contributed by atoms with E-state index >= 15 is 0 Å². The molecule has 0 bridgehead atoms. The van der Waals surface area contributed by atoms with E-state index in [1.807, 2.05) is 12.1 Å². The van der Waals surface area contributed by atoms with Crippen molar-refractivity contribution in [2.75, 3.05) is 13.2 Å². The zero-order chi connectivity index (χ0) is 24.1. The number of carbonyl (C=O) groups excluding carboxylic acids is 3. The van der Waals surface area contributed by atoms with E-state index in [4.69, 9.17) is 21.1 Å². The summed E-state index contributed by atoms with van der Waals surface area (Å²) >= 11 is 9.00. The molecular formula is C25H17ClINO5S. The summed E-state index contributed by atoms with van der Waals surface area (Å²) in [6, 6.07) is 20.9. The molecule has 0 spiro atoms. The Labute approximate surface area is 219 Å². The molecule has 0 unspecified atom stereocenters. The smallest absolute Gasteiger partial charge is 0.344 e. The van der Waals surface area contributed by atoms with E-state index in [2.05, 4.69) is 22.6 Å². The molecule has 1 aliphatic heterocycles. The van der Waals surface area contributed by atoms with Crippen molar-refractivity contribution >= 4 is 69.1 Å². The maximum absolute atomic E-state index is 12.7. The van der Waals surface area contributed by atoms with Crippen LogP contribution < -0.4 is 9.47 Å². The van der Waals surface area contributed by atoms with E-state index in [0.29, 0.717) is 32.6 Å². The summed E-state index contributed by atoms with van der Waals surface area (Å²) in [6.45, 7) is 0.246. The van der Waals surface area contributed by atoms with Crippen molar-refractivity contribution in [2.24, 2.45) is 0 Å². The Morgan fingerprint density at radius 3 is 2.44 bits per heavy atom. The average Bonchev–Trinajstić information content (AvgIpc) is 3.09. The van der Waals surface area contributed by atoms with Gasteiger partial charge in [0.15, 0.2) is 0 Å². The lowest BCUT2D eigenvalue weighted by molar-refractivity contribution is -0.123. The zero-order valence-electron chi connectivity index (χ0n) is 17.6. The van der Waals surface area contributed by atoms with Gasteiger partial charge in [-0.2, -0.15) is 0 Å². The summed E-state index contributed by atoms with van der Waals surface area (Å²) < 4.78 is 11.8. The third-order valence-electron chi connectivity index (χ3n) is 4.76. The molecule has 0 aromatic heterocycles. The van der Waals surface area contributed by atoms with Gasteiger partial charge in [0.25, 0.3) is 11.1 Å². The molecule has 1 heterocycles. The molecule has 4 rings (SSSR count). The fraction of sp³-hybridized carbons (Fsp3) is 0.0800. The number of thioether (sulfide) groups is 1. The highest BCUT2D eigenvalue weighted by atomic mass is 127. The molecule has 9 heteroatoms. The highest BCUT2D eigenvalue weighted by molar-refractivity contribution is 14.1. The Morgan fingerprint density at radius 1 is 1.00 bits per heavy atom. The summed E-state index contributed by atoms with van der Waals surface area (Å²) in [5.41, 5.74) is 1.19. The SMILES string of the molecule is O=C(Oc1ccc(/C=C2\SC(=O)N(CCOc3ccccc3Cl)C2=O)cc1)c1ccccc1I. The van der Waals surface area contributed by atoms with E-state index in [0.717, 1.165) is 20.2 Å². The van der Waals surface area contributed by atoms with Crippen molar-refractivity contribution in [1.82, 2.24) is 4.90 Å². The highest BCUT2D eigenvalue weighted by Crippen LogP contribution is 2.32. The van der Waals surface area contributed by atoms with Crippen LogP contribution in [0.15, 0.2) is 77.7 Å². The number of hydrogen-bond donors (Lipinski definition) is 0. The fourth-order valence-electron chi connectivity index (χ4n) is 3.07. The average molecular weight is 606 g/mol. The van der Waals surface area contributed by atoms with Crippen molar-refractivity contribution in [2.45, 2.75) is 0 Å². The molecular weight excluding hydrogens is 589 g/mol. The number of benzene rings is 3. The Balaban J connectivity index is 1.36. The Kier molecular flexibility index (Phi) is 7.91. The number of carbonyl (C=O) groups is 3. The van der Waals surface area contributed by atoms with Gasteiger partial charge in [0.2, 0.25) is 0 Å². The lowest BCUT2D eigenvalue weighted by atomic mass is 10.2. The molecule has 6 nitrogen and oxygen atoms in total. The summed E-state index contributed by atoms with van der Waals surface area (Å²) in [5, 5.41) is 0.103. The van der Waals surface area contributed by atoms with E-state index in [9.17, 15) is 14.4 Å². The first-order valence-electron chi connectivity index (χ1n) is 10.1. The monoisotopic (exact) mass is 605 g/mol. The van der Waals surface area contributed by atoms with Crippen molar-refractivity contribution in [3.8, 4) is 11.5 Å². The van der Waals surface area contributed by atoms with E-state index < -0.39 is 5.97 Å². The first-order valence-corrected chi connectivity index (χ1v) is 12.4. The number of amides is 2. The summed E-state index contributed by atoms with van der Waals surface area (Å²) in [6.07, 6.45) is 1.63. The Morgan fingerprint density at radius 2 is 1.71 bits per heavy atom. The third kappa shape index (κ3) is 5.81. The molecule has 1 saturated heterocycles. The minimum atomic E-state index is -0.446. The van der Waals surface area contributed by atoms with Crippen molar-refractivity contribution in [1.29, 1.82) is 0 Å². The third-order valence-corrected chi connectivity index (χ3v) is 6.93. The number of ether oxygens (including phenoxy) is 2. The number of imide groups is 1. The van der Waals surface area contributed by atoms with Gasteiger partial charge in [-0.05, 0) is 82.4 Å². The second kappa shape index (κ2) is 11.1. The normalized spacial score (nSPS) is 14.5. The number of halogens is 2. The predicted molar refractivity (Wildman–Crippen MR) is 140 cm³/mol. The second-order valence-electron chi connectivity index (χ2n) is 7.05. The molecule has 34 heavy (non-hydrogen) atoms. The second-order valence-corrected chi connectivity index (χ2v) is 9.61. The van der Waals surface area contributed by atoms with Crippen LogP contribution in [-0.2, 0) is 4.79 Å². The maximum atomic E-state index is 12.7. The molecule has 0 aliphatic carbocycles. The van der Waals surface area contributed by atoms with Gasteiger partial charge >= 0.3 is 5.97 Å². The highest BCUT2D eigenvalue weighted by Gasteiger charge is 2.34. The first-order chi connectivity index (χ1) is 16.4. The minimum Gasteiger partial charge on any atom is -0.490 e. The van der Waals surface area contributed by atoms with Gasteiger partial charge in [-0.15, -0.1) is 0 Å². The Hall–Kier alpha value is -2.82. The van der Waals surface area contributed by atoms with E-state index in [1.54, 1.807) is 66.7 Å². The van der Waals surface area contributed by atoms with Crippen LogP contribution in [0.1, 0.15) is 15.9 Å². The van der Waals surface area contributed by atoms with Crippen LogP contribution in [-0.4, -0.2) is 35.2 Å². The predicted octanol–water partition coefficient (Wildman–Crippen LogP) is 6.28. The molecule has 3 aromatic carbocycles. The van der Waals surface area contributed by atoms with Gasteiger partial charge in [0, 0.05) is 3.57 Å². The summed E-state index contributed by atoms with van der Waals surface area (Å²) in [4.78, 5) is 38.8. The maximum Gasteiger partial charge on any atom is 0.344 e. The van der Waals surface area contributed by atoms with Crippen LogP contribution in [0, 0.1) is 3.57 Å². The Bertz CT molecular complexity index is 1280. The number of rotatable bonds is 7. The molecule has 1 fully saturated rings. The molecule has 0 saturated carbocycles. The van der Waals surface area contributed by atoms with Gasteiger partial charge in [-0.25, -0.2) is 4.79 Å². The molecule has 2 amide bonds. The van der Waals surface area contributed by atoms with Crippen LogP contribution in [0.3, 0.4) is 0 Å². The van der Waals surface area contributed by atoms with E-state index in [1.165, 1.54) is 0 Å². The van der Waals surface area contributed by atoms with Crippen LogP contribution in [0.25, 0.3) is 6.08 Å². The van der Waals surface area contributed by atoms with Crippen LogP contribution in [0.2, 0.25) is 5.02 Å². The lowest BCUT2D eigenvalue weighted by Gasteiger charge is -2.13. The quantitative estimate of drug-likeness (QED) is 0.137. The molecule has 1 aliphatic rings.